The topological polar surface area (TPSA) is 38.0 Å². The highest BCUT2D eigenvalue weighted by atomic mass is 79.9. The maximum atomic E-state index is 5.92. The Kier molecular flexibility index (Phi) is 3.97. The number of benzene rings is 1. The van der Waals surface area contributed by atoms with Crippen molar-refractivity contribution in [3.05, 3.63) is 44.0 Å². The highest BCUT2D eigenvalue weighted by molar-refractivity contribution is 9.10. The number of thiophene rings is 1. The van der Waals surface area contributed by atoms with E-state index in [1.54, 1.807) is 11.3 Å². The number of hydrogen-bond acceptors (Lipinski definition) is 3. The van der Waals surface area contributed by atoms with Gasteiger partial charge >= 0.3 is 0 Å². The Hall–Kier alpha value is -0.710. The first-order valence-electron chi connectivity index (χ1n) is 5.13. The number of hydrogen-bond donors (Lipinski definition) is 2. The lowest BCUT2D eigenvalue weighted by atomic mass is 10.2. The molecule has 0 aliphatic heterocycles. The van der Waals surface area contributed by atoms with Gasteiger partial charge in [0, 0.05) is 9.35 Å². The quantitative estimate of drug-likeness (QED) is 0.783. The smallest absolute Gasteiger partial charge is 0.0932 e. The molecule has 0 bridgehead atoms. The van der Waals surface area contributed by atoms with E-state index in [0.29, 0.717) is 0 Å². The van der Waals surface area contributed by atoms with Crippen molar-refractivity contribution < 1.29 is 0 Å². The van der Waals surface area contributed by atoms with Crippen molar-refractivity contribution in [1.29, 1.82) is 0 Å². The normalized spacial score (nSPS) is 12.4. The van der Waals surface area contributed by atoms with Crippen LogP contribution < -0.4 is 11.1 Å². The summed E-state index contributed by atoms with van der Waals surface area (Å²) in [6, 6.07) is 9.89. The highest BCUT2D eigenvalue weighted by Crippen LogP contribution is 2.31. The fraction of sp³-hybridized carbons (Fsp3) is 0.167. The van der Waals surface area contributed by atoms with Crippen LogP contribution >= 0.6 is 38.9 Å². The zero-order valence-corrected chi connectivity index (χ0v) is 12.4. The largest absolute Gasteiger partial charge is 0.397 e. The van der Waals surface area contributed by atoms with E-state index in [1.807, 2.05) is 30.3 Å². The highest BCUT2D eigenvalue weighted by Gasteiger charge is 2.09. The fourth-order valence-corrected chi connectivity index (χ4v) is 2.94. The van der Waals surface area contributed by atoms with E-state index in [1.165, 1.54) is 4.88 Å². The van der Waals surface area contributed by atoms with Gasteiger partial charge in [-0.05, 0) is 37.3 Å². The molecule has 5 heteroatoms. The molecule has 2 nitrogen and oxygen atoms in total. The molecular weight excluding hydrogens is 320 g/mol. The molecule has 1 aromatic carbocycles. The first-order valence-corrected chi connectivity index (χ1v) is 7.12. The van der Waals surface area contributed by atoms with Gasteiger partial charge in [-0.2, -0.15) is 0 Å². The van der Waals surface area contributed by atoms with Gasteiger partial charge < -0.3 is 11.1 Å². The van der Waals surface area contributed by atoms with Crippen molar-refractivity contribution in [2.24, 2.45) is 0 Å². The lowest BCUT2D eigenvalue weighted by Gasteiger charge is -2.15. The molecule has 0 radical (unpaired) electrons. The Labute approximate surface area is 118 Å². The van der Waals surface area contributed by atoms with Crippen LogP contribution in [0.1, 0.15) is 17.8 Å². The Bertz CT molecular complexity index is 527. The molecular formula is C12H12BrClN2S. The van der Waals surface area contributed by atoms with E-state index in [9.17, 15) is 0 Å². The van der Waals surface area contributed by atoms with Gasteiger partial charge in [0.1, 0.15) is 0 Å². The summed E-state index contributed by atoms with van der Waals surface area (Å²) in [5.74, 6) is 0. The number of rotatable bonds is 3. The Morgan fingerprint density at radius 2 is 2.12 bits per heavy atom. The van der Waals surface area contributed by atoms with Crippen LogP contribution in [-0.4, -0.2) is 0 Å². The van der Waals surface area contributed by atoms with Gasteiger partial charge in [-0.25, -0.2) is 0 Å². The third-order valence-corrected chi connectivity index (χ3v) is 4.32. The van der Waals surface area contributed by atoms with Crippen LogP contribution in [0.25, 0.3) is 0 Å². The van der Waals surface area contributed by atoms with Crippen LogP contribution in [0.5, 0.6) is 0 Å². The Balaban J connectivity index is 2.18. The SMILES string of the molecule is CC(Nc1cc(Br)ccc1N)c1ccc(Cl)s1. The van der Waals surface area contributed by atoms with E-state index in [0.717, 1.165) is 20.2 Å². The summed E-state index contributed by atoms with van der Waals surface area (Å²) in [6.07, 6.45) is 0. The summed E-state index contributed by atoms with van der Waals surface area (Å²) in [6.45, 7) is 2.09. The van der Waals surface area contributed by atoms with Crippen LogP contribution in [0.2, 0.25) is 4.34 Å². The van der Waals surface area contributed by atoms with Gasteiger partial charge in [0.05, 0.1) is 21.8 Å². The average Bonchev–Trinajstić information content (AvgIpc) is 2.70. The molecule has 0 fully saturated rings. The molecule has 1 aromatic heterocycles. The first kappa shape index (κ1) is 12.7. The second-order valence-electron chi connectivity index (χ2n) is 3.74. The lowest BCUT2D eigenvalue weighted by molar-refractivity contribution is 0.909. The molecule has 0 saturated carbocycles. The van der Waals surface area contributed by atoms with Gasteiger partial charge in [0.25, 0.3) is 0 Å². The van der Waals surface area contributed by atoms with E-state index < -0.39 is 0 Å². The van der Waals surface area contributed by atoms with E-state index in [4.69, 9.17) is 17.3 Å². The van der Waals surface area contributed by atoms with Gasteiger partial charge in [-0.3, -0.25) is 0 Å². The van der Waals surface area contributed by atoms with Crippen molar-refractivity contribution in [2.45, 2.75) is 13.0 Å². The molecule has 0 aliphatic carbocycles. The number of nitrogens with two attached hydrogens (primary N) is 1. The number of halogens is 2. The molecule has 0 aliphatic rings. The molecule has 0 saturated heterocycles. The summed E-state index contributed by atoms with van der Waals surface area (Å²) >= 11 is 10.9. The molecule has 1 atom stereocenters. The maximum Gasteiger partial charge on any atom is 0.0932 e. The molecule has 2 rings (SSSR count). The Morgan fingerprint density at radius 1 is 1.35 bits per heavy atom. The minimum atomic E-state index is 0.184. The molecule has 0 spiro atoms. The van der Waals surface area contributed by atoms with Crippen molar-refractivity contribution >= 4 is 50.2 Å². The average molecular weight is 332 g/mol. The predicted octanol–water partition coefficient (Wildman–Crippen LogP) is 4.92. The van der Waals surface area contributed by atoms with Gasteiger partial charge in [-0.1, -0.05) is 27.5 Å². The number of nitrogen functional groups attached to an aromatic ring is 1. The molecule has 3 N–H and O–H groups in total. The summed E-state index contributed by atoms with van der Waals surface area (Å²) in [5.41, 5.74) is 7.58. The summed E-state index contributed by atoms with van der Waals surface area (Å²) in [4.78, 5) is 1.19. The Morgan fingerprint density at radius 3 is 2.76 bits per heavy atom. The molecule has 1 heterocycles. The third kappa shape index (κ3) is 3.15. The van der Waals surface area contributed by atoms with Crippen LogP contribution in [0.15, 0.2) is 34.8 Å². The fourth-order valence-electron chi connectivity index (χ4n) is 1.52. The maximum absolute atomic E-state index is 5.92. The number of anilines is 2. The zero-order valence-electron chi connectivity index (χ0n) is 9.21. The zero-order chi connectivity index (χ0) is 12.4. The molecule has 17 heavy (non-hydrogen) atoms. The molecule has 90 valence electrons. The number of nitrogens with one attached hydrogen (secondary N) is 1. The summed E-state index contributed by atoms with van der Waals surface area (Å²) in [5, 5.41) is 3.38. The summed E-state index contributed by atoms with van der Waals surface area (Å²) < 4.78 is 1.81. The van der Waals surface area contributed by atoms with Crippen LogP contribution in [-0.2, 0) is 0 Å². The van der Waals surface area contributed by atoms with Gasteiger partial charge in [0.2, 0.25) is 0 Å². The lowest BCUT2D eigenvalue weighted by Crippen LogP contribution is -2.06. The third-order valence-electron chi connectivity index (χ3n) is 2.41. The van der Waals surface area contributed by atoms with Gasteiger partial charge in [-0.15, -0.1) is 11.3 Å². The van der Waals surface area contributed by atoms with E-state index >= 15 is 0 Å². The standard InChI is InChI=1S/C12H12BrClN2S/c1-7(11-4-5-12(14)17-11)16-10-6-8(13)2-3-9(10)15/h2-7,16H,15H2,1H3. The van der Waals surface area contributed by atoms with Crippen LogP contribution in [0, 0.1) is 0 Å². The molecule has 0 amide bonds. The van der Waals surface area contributed by atoms with Gasteiger partial charge in [0.15, 0.2) is 0 Å². The van der Waals surface area contributed by atoms with Crippen LogP contribution in [0.3, 0.4) is 0 Å². The minimum absolute atomic E-state index is 0.184. The molecule has 1 unspecified atom stereocenters. The second-order valence-corrected chi connectivity index (χ2v) is 6.40. The minimum Gasteiger partial charge on any atom is -0.397 e. The van der Waals surface area contributed by atoms with Crippen LogP contribution in [0.4, 0.5) is 11.4 Å². The van der Waals surface area contributed by atoms with E-state index in [2.05, 4.69) is 28.2 Å². The van der Waals surface area contributed by atoms with E-state index in [-0.39, 0.29) is 6.04 Å². The first-order chi connectivity index (χ1) is 8.06. The monoisotopic (exact) mass is 330 g/mol. The van der Waals surface area contributed by atoms with Crippen molar-refractivity contribution in [2.75, 3.05) is 11.1 Å². The predicted molar refractivity (Wildman–Crippen MR) is 79.9 cm³/mol. The second kappa shape index (κ2) is 5.29. The van der Waals surface area contributed by atoms with Crippen molar-refractivity contribution in [3.8, 4) is 0 Å². The van der Waals surface area contributed by atoms with Crippen molar-refractivity contribution in [1.82, 2.24) is 0 Å². The van der Waals surface area contributed by atoms with Crippen molar-refractivity contribution in [3.63, 3.8) is 0 Å². The molecule has 2 aromatic rings. The summed E-state index contributed by atoms with van der Waals surface area (Å²) in [7, 11) is 0.